The molecular weight excluding hydrogens is 436 g/mol. The topological polar surface area (TPSA) is 82.2 Å². The highest BCUT2D eigenvalue weighted by atomic mass is 32.2. The van der Waals surface area contributed by atoms with Crippen LogP contribution >= 0.6 is 0 Å². The highest BCUT2D eigenvalue weighted by molar-refractivity contribution is 7.97. The van der Waals surface area contributed by atoms with Crippen molar-refractivity contribution in [3.63, 3.8) is 0 Å². The summed E-state index contributed by atoms with van der Waals surface area (Å²) in [5.74, 6) is 0.415. The lowest BCUT2D eigenvalue weighted by Crippen LogP contribution is -2.04. The number of fused-ring (bicyclic) bond motifs is 2. The number of ketones is 1. The number of hydrogen-bond acceptors (Lipinski definition) is 5. The number of allylic oxidation sites excluding steroid dienone is 1. The number of sulfone groups is 1. The van der Waals surface area contributed by atoms with Crippen molar-refractivity contribution in [3.05, 3.63) is 107 Å². The van der Waals surface area contributed by atoms with Crippen LogP contribution in [0.15, 0.2) is 105 Å². The lowest BCUT2D eigenvalue weighted by atomic mass is 10.1. The Bertz CT molecular complexity index is 1680. The summed E-state index contributed by atoms with van der Waals surface area (Å²) in [6.07, 6.45) is 1.34. The molecule has 1 aliphatic rings. The van der Waals surface area contributed by atoms with Gasteiger partial charge in [-0.1, -0.05) is 60.7 Å². The summed E-state index contributed by atoms with van der Waals surface area (Å²) < 4.78 is 34.0. The second-order valence-corrected chi connectivity index (χ2v) is 9.53. The molecule has 0 aliphatic carbocycles. The molecule has 160 valence electrons. The maximum Gasteiger partial charge on any atom is 0.246 e. The number of aromatic nitrogens is 2. The molecule has 33 heavy (non-hydrogen) atoms. The predicted molar refractivity (Wildman–Crippen MR) is 125 cm³/mol. The van der Waals surface area contributed by atoms with E-state index in [4.69, 9.17) is 4.42 Å². The molecule has 0 spiro atoms. The molecule has 1 aliphatic heterocycles. The van der Waals surface area contributed by atoms with Gasteiger partial charge in [-0.2, -0.15) is 4.98 Å². The number of para-hydroxylation sites is 1. The molecule has 6 nitrogen and oxygen atoms in total. The second kappa shape index (κ2) is 7.15. The Morgan fingerprint density at radius 2 is 1.52 bits per heavy atom. The first-order chi connectivity index (χ1) is 16.0. The first-order valence-corrected chi connectivity index (χ1v) is 11.8. The van der Waals surface area contributed by atoms with E-state index in [1.54, 1.807) is 16.7 Å². The number of furan rings is 1. The van der Waals surface area contributed by atoms with E-state index in [0.717, 1.165) is 11.3 Å². The van der Waals surface area contributed by atoms with E-state index >= 15 is 0 Å². The van der Waals surface area contributed by atoms with Gasteiger partial charge in [0.05, 0.1) is 4.90 Å². The molecule has 0 N–H and O–H groups in total. The van der Waals surface area contributed by atoms with E-state index in [9.17, 15) is 13.2 Å². The van der Waals surface area contributed by atoms with Crippen molar-refractivity contribution >= 4 is 32.9 Å². The number of carbonyl (C=O) groups is 1. The molecule has 6 rings (SSSR count). The summed E-state index contributed by atoms with van der Waals surface area (Å²) in [5.41, 5.74) is 2.88. The molecule has 3 heterocycles. The largest absolute Gasteiger partial charge is 0.436 e. The fourth-order valence-electron chi connectivity index (χ4n) is 4.10. The van der Waals surface area contributed by atoms with Crippen LogP contribution < -0.4 is 0 Å². The zero-order chi connectivity index (χ0) is 22.6. The van der Waals surface area contributed by atoms with Gasteiger partial charge < -0.3 is 4.42 Å². The molecule has 0 radical (unpaired) electrons. The Hall–Kier alpha value is -4.23. The standard InChI is InChI=1S/C26H16N2O4S/c29-25-19-13-7-8-14-22(19)33(30,31)23(25)16-24-27-26-20(28(24)18-11-5-2-6-12-18)15-21(32-26)17-9-3-1-4-10-17/h1-16H/b23-16+. The minimum Gasteiger partial charge on any atom is -0.436 e. The van der Waals surface area contributed by atoms with E-state index in [1.165, 1.54) is 18.2 Å². The zero-order valence-corrected chi connectivity index (χ0v) is 18.0. The van der Waals surface area contributed by atoms with E-state index in [-0.39, 0.29) is 15.4 Å². The van der Waals surface area contributed by atoms with Crippen molar-refractivity contribution in [2.45, 2.75) is 4.90 Å². The van der Waals surface area contributed by atoms with Crippen molar-refractivity contribution in [2.75, 3.05) is 0 Å². The minimum absolute atomic E-state index is 0.0223. The smallest absolute Gasteiger partial charge is 0.246 e. The summed E-state index contributed by atoms with van der Waals surface area (Å²) in [5, 5.41) is 0. The molecule has 0 amide bonds. The summed E-state index contributed by atoms with van der Waals surface area (Å²) in [7, 11) is -3.94. The highest BCUT2D eigenvalue weighted by Crippen LogP contribution is 2.36. The molecule has 0 atom stereocenters. The molecule has 2 aromatic heterocycles. The molecule has 0 saturated heterocycles. The van der Waals surface area contributed by atoms with Crippen molar-refractivity contribution in [1.82, 2.24) is 9.55 Å². The van der Waals surface area contributed by atoms with Gasteiger partial charge in [0, 0.05) is 29.0 Å². The third-order valence-corrected chi connectivity index (χ3v) is 7.46. The van der Waals surface area contributed by atoms with Gasteiger partial charge in [-0.3, -0.25) is 9.36 Å². The zero-order valence-electron chi connectivity index (χ0n) is 17.2. The molecule has 3 aromatic carbocycles. The number of carbonyl (C=O) groups excluding carboxylic acids is 1. The second-order valence-electron chi connectivity index (χ2n) is 7.65. The van der Waals surface area contributed by atoms with Crippen LogP contribution in [0.2, 0.25) is 0 Å². The maximum absolute atomic E-state index is 13.1. The Morgan fingerprint density at radius 3 is 2.24 bits per heavy atom. The lowest BCUT2D eigenvalue weighted by molar-refractivity contribution is 0.104. The van der Waals surface area contributed by atoms with Gasteiger partial charge in [-0.25, -0.2) is 8.42 Å². The van der Waals surface area contributed by atoms with Crippen LogP contribution in [0, 0.1) is 0 Å². The summed E-state index contributed by atoms with van der Waals surface area (Å²) in [6, 6.07) is 27.2. The molecule has 0 fully saturated rings. The number of nitrogens with zero attached hydrogens (tertiary/aromatic N) is 2. The predicted octanol–water partition coefficient (Wildman–Crippen LogP) is 5.30. The van der Waals surface area contributed by atoms with E-state index in [2.05, 4.69) is 4.98 Å². The summed E-state index contributed by atoms with van der Waals surface area (Å²) >= 11 is 0. The van der Waals surface area contributed by atoms with Gasteiger partial charge in [0.2, 0.25) is 21.3 Å². The third-order valence-electron chi connectivity index (χ3n) is 5.65. The number of rotatable bonds is 3. The van der Waals surface area contributed by atoms with Crippen molar-refractivity contribution in [2.24, 2.45) is 0 Å². The Kier molecular flexibility index (Phi) is 4.21. The molecule has 0 unspecified atom stereocenters. The van der Waals surface area contributed by atoms with Crippen LogP contribution in [0.25, 0.3) is 34.3 Å². The summed E-state index contributed by atoms with van der Waals surface area (Å²) in [4.78, 5) is 17.2. The van der Waals surface area contributed by atoms with Gasteiger partial charge in [-0.15, -0.1) is 0 Å². The van der Waals surface area contributed by atoms with Crippen LogP contribution in [0.4, 0.5) is 0 Å². The Labute approximate surface area is 189 Å². The fourth-order valence-corrected chi connectivity index (χ4v) is 5.66. The number of Topliss-reactive ketones (excluding diaryl/α,β-unsaturated/α-hetero) is 1. The third kappa shape index (κ3) is 2.97. The van der Waals surface area contributed by atoms with Crippen LogP contribution in [0.1, 0.15) is 16.2 Å². The lowest BCUT2D eigenvalue weighted by Gasteiger charge is -2.06. The SMILES string of the molecule is O=C1/C(=C\c2nc3oc(-c4ccccc4)cc3n2-c2ccccc2)S(=O)(=O)c2ccccc21. The van der Waals surface area contributed by atoms with Crippen LogP contribution in [-0.4, -0.2) is 23.8 Å². The normalized spacial score (nSPS) is 15.9. The Morgan fingerprint density at radius 1 is 0.848 bits per heavy atom. The van der Waals surface area contributed by atoms with Crippen molar-refractivity contribution < 1.29 is 17.6 Å². The van der Waals surface area contributed by atoms with Gasteiger partial charge >= 0.3 is 0 Å². The van der Waals surface area contributed by atoms with Crippen molar-refractivity contribution in [3.8, 4) is 17.0 Å². The maximum atomic E-state index is 13.1. The van der Waals surface area contributed by atoms with E-state index < -0.39 is 15.6 Å². The van der Waals surface area contributed by atoms with Gasteiger partial charge in [0.25, 0.3) is 0 Å². The molecule has 7 heteroatoms. The monoisotopic (exact) mass is 452 g/mol. The first kappa shape index (κ1) is 19.5. The van der Waals surface area contributed by atoms with Crippen LogP contribution in [-0.2, 0) is 9.84 Å². The minimum atomic E-state index is -3.94. The molecular formula is C26H16N2O4S. The highest BCUT2D eigenvalue weighted by Gasteiger charge is 2.39. The summed E-state index contributed by atoms with van der Waals surface area (Å²) in [6.45, 7) is 0. The number of hydrogen-bond donors (Lipinski definition) is 0. The quantitative estimate of drug-likeness (QED) is 0.347. The first-order valence-electron chi connectivity index (χ1n) is 10.3. The molecule has 0 bridgehead atoms. The van der Waals surface area contributed by atoms with Gasteiger partial charge in [-0.05, 0) is 24.3 Å². The van der Waals surface area contributed by atoms with Crippen LogP contribution in [0.5, 0.6) is 0 Å². The number of benzene rings is 3. The molecule has 5 aromatic rings. The average Bonchev–Trinajstić information content (AvgIpc) is 3.45. The Balaban J connectivity index is 1.58. The van der Waals surface area contributed by atoms with Crippen molar-refractivity contribution in [1.29, 1.82) is 0 Å². The molecule has 0 saturated carbocycles. The van der Waals surface area contributed by atoms with Crippen LogP contribution in [0.3, 0.4) is 0 Å². The number of imidazole rings is 1. The van der Waals surface area contributed by atoms with Gasteiger partial charge in [0.15, 0.2) is 0 Å². The van der Waals surface area contributed by atoms with E-state index in [1.807, 2.05) is 66.7 Å². The van der Waals surface area contributed by atoms with E-state index in [0.29, 0.717) is 22.8 Å². The van der Waals surface area contributed by atoms with Gasteiger partial charge in [0.1, 0.15) is 22.0 Å². The fraction of sp³-hybridized carbons (Fsp3) is 0. The average molecular weight is 452 g/mol.